The molecule has 1 heterocycles. The minimum absolute atomic E-state index is 0.394. The number of hydrogen-bond acceptors (Lipinski definition) is 1. The topological polar surface area (TPSA) is 12.9 Å². The number of pyridine rings is 1. The van der Waals surface area contributed by atoms with Crippen LogP contribution in [0.15, 0.2) is 12.1 Å². The third-order valence-electron chi connectivity index (χ3n) is 4.33. The molecule has 0 saturated heterocycles. The van der Waals surface area contributed by atoms with Gasteiger partial charge in [0.1, 0.15) is 0 Å². The standard InChI is InChI=1S/C16H25N/c1-11-9-13(3)17-14(10-11)15-12(2)7-6-8-16(15,4)5/h9-10,12,15H,6-8H2,1-5H3/t12-,15-/m1/s1. The van der Waals surface area contributed by atoms with Crippen LogP contribution in [0, 0.1) is 25.2 Å². The number of rotatable bonds is 1. The Balaban J connectivity index is 2.42. The molecule has 0 N–H and O–H groups in total. The molecule has 1 heteroatoms. The van der Waals surface area contributed by atoms with Crippen LogP contribution in [-0.4, -0.2) is 4.98 Å². The van der Waals surface area contributed by atoms with Crippen molar-refractivity contribution in [3.8, 4) is 0 Å². The monoisotopic (exact) mass is 231 g/mol. The van der Waals surface area contributed by atoms with Crippen LogP contribution in [0.4, 0.5) is 0 Å². The third-order valence-corrected chi connectivity index (χ3v) is 4.33. The van der Waals surface area contributed by atoms with Crippen molar-refractivity contribution in [2.24, 2.45) is 11.3 Å². The molecule has 1 aliphatic carbocycles. The second-order valence-electron chi connectivity index (χ2n) is 6.55. The fourth-order valence-corrected chi connectivity index (χ4v) is 3.70. The van der Waals surface area contributed by atoms with Gasteiger partial charge in [0.05, 0.1) is 0 Å². The smallest absolute Gasteiger partial charge is 0.0448 e. The lowest BCUT2D eigenvalue weighted by molar-refractivity contribution is 0.142. The first-order valence-electron chi connectivity index (χ1n) is 6.85. The number of aromatic nitrogens is 1. The minimum atomic E-state index is 0.394. The van der Waals surface area contributed by atoms with Gasteiger partial charge in [0, 0.05) is 17.3 Å². The quantitative estimate of drug-likeness (QED) is 0.686. The van der Waals surface area contributed by atoms with Gasteiger partial charge in [-0.25, -0.2) is 0 Å². The second kappa shape index (κ2) is 4.44. The maximum absolute atomic E-state index is 4.80. The molecule has 17 heavy (non-hydrogen) atoms. The van der Waals surface area contributed by atoms with E-state index < -0.39 is 0 Å². The van der Waals surface area contributed by atoms with Gasteiger partial charge in [0.2, 0.25) is 0 Å². The third kappa shape index (κ3) is 2.53. The Bertz CT molecular complexity index is 386. The van der Waals surface area contributed by atoms with E-state index >= 15 is 0 Å². The molecular formula is C16H25N. The van der Waals surface area contributed by atoms with Crippen LogP contribution in [0.2, 0.25) is 0 Å². The normalized spacial score (nSPS) is 28.1. The van der Waals surface area contributed by atoms with Gasteiger partial charge in [0.25, 0.3) is 0 Å². The average molecular weight is 231 g/mol. The highest BCUT2D eigenvalue weighted by atomic mass is 14.7. The second-order valence-corrected chi connectivity index (χ2v) is 6.55. The zero-order chi connectivity index (χ0) is 12.6. The van der Waals surface area contributed by atoms with Crippen molar-refractivity contribution in [3.63, 3.8) is 0 Å². The summed E-state index contributed by atoms with van der Waals surface area (Å²) in [7, 11) is 0. The molecule has 1 aliphatic rings. The lowest BCUT2D eigenvalue weighted by Crippen LogP contribution is -2.32. The fraction of sp³-hybridized carbons (Fsp3) is 0.688. The van der Waals surface area contributed by atoms with Crippen molar-refractivity contribution < 1.29 is 0 Å². The molecule has 1 fully saturated rings. The summed E-state index contributed by atoms with van der Waals surface area (Å²) in [4.78, 5) is 4.80. The molecular weight excluding hydrogens is 206 g/mol. The maximum Gasteiger partial charge on any atom is 0.0448 e. The summed E-state index contributed by atoms with van der Waals surface area (Å²) < 4.78 is 0. The van der Waals surface area contributed by atoms with E-state index in [1.54, 1.807) is 0 Å². The molecule has 0 bridgehead atoms. The summed E-state index contributed by atoms with van der Waals surface area (Å²) >= 11 is 0. The van der Waals surface area contributed by atoms with Crippen molar-refractivity contribution in [3.05, 3.63) is 29.1 Å². The van der Waals surface area contributed by atoms with Crippen molar-refractivity contribution in [2.45, 2.75) is 59.8 Å². The molecule has 1 saturated carbocycles. The van der Waals surface area contributed by atoms with E-state index in [1.807, 2.05) is 0 Å². The molecule has 0 unspecified atom stereocenters. The SMILES string of the molecule is Cc1cc(C)nc([C@H]2[C@H](C)CCCC2(C)C)c1. The van der Waals surface area contributed by atoms with Crippen molar-refractivity contribution in [2.75, 3.05) is 0 Å². The molecule has 1 aromatic heterocycles. The number of aryl methyl sites for hydroxylation is 2. The highest BCUT2D eigenvalue weighted by molar-refractivity contribution is 5.24. The van der Waals surface area contributed by atoms with E-state index in [0.717, 1.165) is 11.6 Å². The summed E-state index contributed by atoms with van der Waals surface area (Å²) in [5.74, 6) is 1.38. The molecule has 0 amide bonds. The molecule has 2 rings (SSSR count). The highest BCUT2D eigenvalue weighted by Crippen LogP contribution is 2.49. The van der Waals surface area contributed by atoms with Crippen LogP contribution in [-0.2, 0) is 0 Å². The van der Waals surface area contributed by atoms with Gasteiger partial charge in [-0.15, -0.1) is 0 Å². The van der Waals surface area contributed by atoms with Crippen molar-refractivity contribution in [1.82, 2.24) is 4.98 Å². The molecule has 0 aromatic carbocycles. The van der Waals surface area contributed by atoms with Gasteiger partial charge < -0.3 is 0 Å². The average Bonchev–Trinajstić information content (AvgIpc) is 2.13. The number of nitrogens with zero attached hydrogens (tertiary/aromatic N) is 1. The summed E-state index contributed by atoms with van der Waals surface area (Å²) in [5.41, 5.74) is 4.22. The molecule has 0 spiro atoms. The molecule has 0 aliphatic heterocycles. The zero-order valence-electron chi connectivity index (χ0n) is 11.9. The molecule has 1 nitrogen and oxygen atoms in total. The summed E-state index contributed by atoms with van der Waals surface area (Å²) in [6, 6.07) is 4.46. The highest BCUT2D eigenvalue weighted by Gasteiger charge is 2.38. The van der Waals surface area contributed by atoms with Gasteiger partial charge in [0.15, 0.2) is 0 Å². The predicted molar refractivity (Wildman–Crippen MR) is 73.2 cm³/mol. The Hall–Kier alpha value is -0.850. The summed E-state index contributed by atoms with van der Waals surface area (Å²) in [6.07, 6.45) is 4.05. The lowest BCUT2D eigenvalue weighted by Gasteiger charge is -2.42. The van der Waals surface area contributed by atoms with E-state index in [0.29, 0.717) is 11.3 Å². The molecule has 2 atom stereocenters. The van der Waals surface area contributed by atoms with Gasteiger partial charge >= 0.3 is 0 Å². The largest absolute Gasteiger partial charge is 0.258 e. The van der Waals surface area contributed by atoms with E-state index in [-0.39, 0.29) is 0 Å². The fourth-order valence-electron chi connectivity index (χ4n) is 3.70. The van der Waals surface area contributed by atoms with Gasteiger partial charge in [-0.3, -0.25) is 4.98 Å². The van der Waals surface area contributed by atoms with Gasteiger partial charge in [-0.2, -0.15) is 0 Å². The molecule has 94 valence electrons. The molecule has 0 radical (unpaired) electrons. The van der Waals surface area contributed by atoms with Crippen LogP contribution in [0.1, 0.15) is 62.9 Å². The van der Waals surface area contributed by atoms with Crippen molar-refractivity contribution in [1.29, 1.82) is 0 Å². The Kier molecular flexibility index (Phi) is 3.29. The Morgan fingerprint density at radius 3 is 2.53 bits per heavy atom. The first kappa shape index (κ1) is 12.6. The minimum Gasteiger partial charge on any atom is -0.258 e. The maximum atomic E-state index is 4.80. The van der Waals surface area contributed by atoms with Gasteiger partial charge in [-0.05, 0) is 49.3 Å². The first-order chi connectivity index (χ1) is 7.90. The summed E-state index contributed by atoms with van der Waals surface area (Å²) in [5, 5.41) is 0. The Labute approximate surface area is 106 Å². The van der Waals surface area contributed by atoms with Gasteiger partial charge in [-0.1, -0.05) is 33.6 Å². The summed E-state index contributed by atoms with van der Waals surface area (Å²) in [6.45, 7) is 11.5. The molecule has 1 aromatic rings. The van der Waals surface area contributed by atoms with E-state index in [1.165, 1.54) is 30.5 Å². The number of hydrogen-bond donors (Lipinski definition) is 0. The Morgan fingerprint density at radius 1 is 1.24 bits per heavy atom. The first-order valence-corrected chi connectivity index (χ1v) is 6.85. The lowest BCUT2D eigenvalue weighted by atomic mass is 9.63. The van der Waals surface area contributed by atoms with Crippen molar-refractivity contribution >= 4 is 0 Å². The Morgan fingerprint density at radius 2 is 1.94 bits per heavy atom. The van der Waals surface area contributed by atoms with E-state index in [9.17, 15) is 0 Å². The van der Waals surface area contributed by atoms with Crippen LogP contribution in [0.25, 0.3) is 0 Å². The van der Waals surface area contributed by atoms with Crippen LogP contribution >= 0.6 is 0 Å². The zero-order valence-corrected chi connectivity index (χ0v) is 11.9. The van der Waals surface area contributed by atoms with Crippen LogP contribution in [0.5, 0.6) is 0 Å². The van der Waals surface area contributed by atoms with Crippen LogP contribution in [0.3, 0.4) is 0 Å². The van der Waals surface area contributed by atoms with Crippen LogP contribution < -0.4 is 0 Å². The van der Waals surface area contributed by atoms with E-state index in [2.05, 4.69) is 46.8 Å². The van der Waals surface area contributed by atoms with E-state index in [4.69, 9.17) is 4.98 Å². The predicted octanol–water partition coefficient (Wildman–Crippen LogP) is 4.63.